The first-order chi connectivity index (χ1) is 8.50. The average Bonchev–Trinajstić information content (AvgIpc) is 2.33. The molecule has 3 N–H and O–H groups in total. The van der Waals surface area contributed by atoms with Gasteiger partial charge in [0.1, 0.15) is 13.2 Å². The van der Waals surface area contributed by atoms with Crippen LogP contribution in [-0.4, -0.2) is 24.3 Å². The zero-order chi connectivity index (χ0) is 13.3. The van der Waals surface area contributed by atoms with Crippen molar-refractivity contribution in [2.24, 2.45) is 5.73 Å². The van der Waals surface area contributed by atoms with Crippen molar-refractivity contribution in [1.82, 2.24) is 0 Å². The summed E-state index contributed by atoms with van der Waals surface area (Å²) in [5.74, 6) is 0.388. The highest BCUT2D eigenvalue weighted by Gasteiger charge is 2.23. The normalized spacial score (nSPS) is 15.3. The Hall–Kier alpha value is -1.27. The van der Waals surface area contributed by atoms with Gasteiger partial charge in [0.25, 0.3) is 0 Å². The minimum atomic E-state index is -0.929. The van der Waals surface area contributed by atoms with E-state index in [1.165, 1.54) is 0 Å². The predicted molar refractivity (Wildman–Crippen MR) is 69.1 cm³/mol. The van der Waals surface area contributed by atoms with Gasteiger partial charge in [-0.15, -0.1) is 0 Å². The molecule has 1 heterocycles. The summed E-state index contributed by atoms with van der Waals surface area (Å²) in [5.41, 5.74) is 7.49. The van der Waals surface area contributed by atoms with E-state index in [0.29, 0.717) is 24.7 Å². The maximum absolute atomic E-state index is 10.7. The van der Waals surface area contributed by atoms with Crippen LogP contribution >= 0.6 is 15.9 Å². The molecule has 1 unspecified atom stereocenters. The van der Waals surface area contributed by atoms with Crippen molar-refractivity contribution in [3.05, 3.63) is 21.7 Å². The molecule has 0 radical (unpaired) electrons. The van der Waals surface area contributed by atoms with Crippen LogP contribution in [0.2, 0.25) is 0 Å². The van der Waals surface area contributed by atoms with Gasteiger partial charge >= 0.3 is 5.97 Å². The van der Waals surface area contributed by atoms with Crippen LogP contribution in [0.15, 0.2) is 10.5 Å². The number of carboxylic acids is 1. The van der Waals surface area contributed by atoms with Crippen LogP contribution in [0, 0.1) is 6.92 Å². The van der Waals surface area contributed by atoms with Gasteiger partial charge < -0.3 is 20.3 Å². The lowest BCUT2D eigenvalue weighted by atomic mass is 10.0. The standard InChI is InChI=1S/C12H14BrNO4/c1-6-11(13)7(8(14)5-10(15)16)4-9-12(6)18-3-2-17-9/h4,8H,2-3,5,14H2,1H3,(H,15,16). The van der Waals surface area contributed by atoms with E-state index in [1.807, 2.05) is 6.92 Å². The molecule has 0 fully saturated rings. The van der Waals surface area contributed by atoms with E-state index in [9.17, 15) is 4.79 Å². The van der Waals surface area contributed by atoms with E-state index in [2.05, 4.69) is 15.9 Å². The Bertz CT molecular complexity index is 489. The Morgan fingerprint density at radius 1 is 1.56 bits per heavy atom. The predicted octanol–water partition coefficient (Wildman–Crippen LogP) is 2.00. The Morgan fingerprint density at radius 3 is 2.89 bits per heavy atom. The summed E-state index contributed by atoms with van der Waals surface area (Å²) in [6.07, 6.45) is -0.127. The van der Waals surface area contributed by atoms with E-state index in [4.69, 9.17) is 20.3 Å². The van der Waals surface area contributed by atoms with Gasteiger partial charge in [0.05, 0.1) is 6.42 Å². The highest BCUT2D eigenvalue weighted by atomic mass is 79.9. The van der Waals surface area contributed by atoms with Gasteiger partial charge in [-0.1, -0.05) is 15.9 Å². The molecular weight excluding hydrogens is 302 g/mol. The Balaban J connectivity index is 2.42. The van der Waals surface area contributed by atoms with E-state index in [0.717, 1.165) is 15.6 Å². The minimum absolute atomic E-state index is 0.127. The monoisotopic (exact) mass is 315 g/mol. The molecular formula is C12H14BrNO4. The van der Waals surface area contributed by atoms with Crippen LogP contribution in [0.4, 0.5) is 0 Å². The fraction of sp³-hybridized carbons (Fsp3) is 0.417. The molecule has 0 spiro atoms. The number of hydrogen-bond donors (Lipinski definition) is 2. The van der Waals surface area contributed by atoms with Crippen LogP contribution < -0.4 is 15.2 Å². The number of ether oxygens (including phenoxy) is 2. The molecule has 6 heteroatoms. The van der Waals surface area contributed by atoms with E-state index < -0.39 is 12.0 Å². The number of fused-ring (bicyclic) bond motifs is 1. The van der Waals surface area contributed by atoms with Crippen molar-refractivity contribution >= 4 is 21.9 Å². The molecule has 1 atom stereocenters. The zero-order valence-electron chi connectivity index (χ0n) is 9.90. The molecule has 0 saturated carbocycles. The third-order valence-corrected chi connectivity index (χ3v) is 3.87. The van der Waals surface area contributed by atoms with Gasteiger partial charge in [0, 0.05) is 16.1 Å². The van der Waals surface area contributed by atoms with Crippen molar-refractivity contribution in [2.75, 3.05) is 13.2 Å². The Kier molecular flexibility index (Phi) is 3.77. The first kappa shape index (κ1) is 13.2. The number of benzene rings is 1. The van der Waals surface area contributed by atoms with Crippen molar-refractivity contribution in [2.45, 2.75) is 19.4 Å². The molecule has 1 aromatic rings. The van der Waals surface area contributed by atoms with Crippen LogP contribution in [0.1, 0.15) is 23.6 Å². The first-order valence-corrected chi connectivity index (χ1v) is 6.36. The molecule has 0 aliphatic carbocycles. The second-order valence-electron chi connectivity index (χ2n) is 4.13. The molecule has 0 bridgehead atoms. The molecule has 0 amide bonds. The lowest BCUT2D eigenvalue weighted by molar-refractivity contribution is -0.137. The van der Waals surface area contributed by atoms with Crippen molar-refractivity contribution in [1.29, 1.82) is 0 Å². The maximum atomic E-state index is 10.7. The summed E-state index contributed by atoms with van der Waals surface area (Å²) < 4.78 is 11.8. The molecule has 1 aromatic carbocycles. The number of rotatable bonds is 3. The molecule has 1 aliphatic rings. The number of halogens is 1. The van der Waals surface area contributed by atoms with Gasteiger partial charge in [-0.3, -0.25) is 4.79 Å². The highest BCUT2D eigenvalue weighted by molar-refractivity contribution is 9.10. The van der Waals surface area contributed by atoms with Crippen molar-refractivity contribution < 1.29 is 19.4 Å². The lowest BCUT2D eigenvalue weighted by Crippen LogP contribution is -2.19. The van der Waals surface area contributed by atoms with Crippen LogP contribution in [0.5, 0.6) is 11.5 Å². The van der Waals surface area contributed by atoms with E-state index in [-0.39, 0.29) is 6.42 Å². The van der Waals surface area contributed by atoms with Crippen LogP contribution in [-0.2, 0) is 4.79 Å². The summed E-state index contributed by atoms with van der Waals surface area (Å²) >= 11 is 3.44. The van der Waals surface area contributed by atoms with E-state index in [1.54, 1.807) is 6.07 Å². The summed E-state index contributed by atoms with van der Waals surface area (Å²) in [5, 5.41) is 8.79. The topological polar surface area (TPSA) is 81.8 Å². The van der Waals surface area contributed by atoms with Crippen LogP contribution in [0.25, 0.3) is 0 Å². The maximum Gasteiger partial charge on any atom is 0.305 e. The number of aliphatic carboxylic acids is 1. The van der Waals surface area contributed by atoms with Gasteiger partial charge in [-0.2, -0.15) is 0 Å². The Labute approximate surface area is 113 Å². The lowest BCUT2D eigenvalue weighted by Gasteiger charge is -2.24. The summed E-state index contributed by atoms with van der Waals surface area (Å²) in [6, 6.07) is 1.17. The van der Waals surface area contributed by atoms with Crippen molar-refractivity contribution in [3.63, 3.8) is 0 Å². The number of carbonyl (C=O) groups is 1. The van der Waals surface area contributed by atoms with Crippen molar-refractivity contribution in [3.8, 4) is 11.5 Å². The minimum Gasteiger partial charge on any atom is -0.486 e. The van der Waals surface area contributed by atoms with Gasteiger partial charge in [0.2, 0.25) is 0 Å². The zero-order valence-corrected chi connectivity index (χ0v) is 11.5. The van der Waals surface area contributed by atoms with Crippen LogP contribution in [0.3, 0.4) is 0 Å². The highest BCUT2D eigenvalue weighted by Crippen LogP contribution is 2.41. The second kappa shape index (κ2) is 5.16. The summed E-state index contributed by atoms with van der Waals surface area (Å²) in [6.45, 7) is 2.89. The fourth-order valence-electron chi connectivity index (χ4n) is 1.92. The van der Waals surface area contributed by atoms with Gasteiger partial charge in [-0.05, 0) is 18.6 Å². The molecule has 1 aliphatic heterocycles. The molecule has 0 aromatic heterocycles. The third-order valence-electron chi connectivity index (χ3n) is 2.81. The Morgan fingerprint density at radius 2 is 2.22 bits per heavy atom. The molecule has 2 rings (SSSR count). The summed E-state index contributed by atoms with van der Waals surface area (Å²) in [4.78, 5) is 10.7. The largest absolute Gasteiger partial charge is 0.486 e. The molecule has 18 heavy (non-hydrogen) atoms. The average molecular weight is 316 g/mol. The van der Waals surface area contributed by atoms with Gasteiger partial charge in [0.15, 0.2) is 11.5 Å². The second-order valence-corrected chi connectivity index (χ2v) is 4.93. The molecule has 98 valence electrons. The number of nitrogens with two attached hydrogens (primary N) is 1. The molecule has 0 saturated heterocycles. The third kappa shape index (κ3) is 2.44. The number of carboxylic acid groups (broad SMARTS) is 1. The quantitative estimate of drug-likeness (QED) is 0.891. The number of hydrogen-bond acceptors (Lipinski definition) is 4. The SMILES string of the molecule is Cc1c(Br)c(C(N)CC(=O)O)cc2c1OCCO2. The molecule has 5 nitrogen and oxygen atoms in total. The first-order valence-electron chi connectivity index (χ1n) is 5.56. The smallest absolute Gasteiger partial charge is 0.305 e. The summed E-state index contributed by atoms with van der Waals surface area (Å²) in [7, 11) is 0. The van der Waals surface area contributed by atoms with Gasteiger partial charge in [-0.25, -0.2) is 0 Å². The van der Waals surface area contributed by atoms with E-state index >= 15 is 0 Å². The fourth-order valence-corrected chi connectivity index (χ4v) is 2.51.